The Balaban J connectivity index is 1.37. The van der Waals surface area contributed by atoms with Crippen molar-refractivity contribution in [2.24, 2.45) is 29.1 Å². The molecule has 0 spiro atoms. The summed E-state index contributed by atoms with van der Waals surface area (Å²) in [6, 6.07) is 2.60. The van der Waals surface area contributed by atoms with Gasteiger partial charge in [0.05, 0.1) is 17.4 Å². The maximum absolute atomic E-state index is 12.6. The second kappa shape index (κ2) is 10.1. The first-order chi connectivity index (χ1) is 13.6. The van der Waals surface area contributed by atoms with Crippen LogP contribution in [0.4, 0.5) is 0 Å². The van der Waals surface area contributed by atoms with Crippen LogP contribution in [-0.4, -0.2) is 12.1 Å². The highest BCUT2D eigenvalue weighted by molar-refractivity contribution is 5.72. The smallest absolute Gasteiger partial charge is 0.309 e. The van der Waals surface area contributed by atoms with E-state index in [1.54, 1.807) is 0 Å². The van der Waals surface area contributed by atoms with Crippen molar-refractivity contribution >= 4 is 5.97 Å². The topological polar surface area (TPSA) is 50.1 Å². The SMILES string of the molecule is CCC[C@H]1CC[C@H](C(=O)OC2CCC(C3CCC(C#N)(CC)CC3)CC2)CC1. The first-order valence-electron chi connectivity index (χ1n) is 12.2. The fourth-order valence-electron chi connectivity index (χ4n) is 6.24. The molecule has 0 aromatic carbocycles. The quantitative estimate of drug-likeness (QED) is 0.471. The minimum absolute atomic E-state index is 0.0423. The molecule has 3 saturated carbocycles. The minimum Gasteiger partial charge on any atom is -0.462 e. The summed E-state index contributed by atoms with van der Waals surface area (Å²) in [4.78, 5) is 12.6. The zero-order chi connectivity index (χ0) is 20.0. The number of carbonyl (C=O) groups excluding carboxylic acids is 1. The first-order valence-corrected chi connectivity index (χ1v) is 12.2. The molecule has 0 unspecified atom stereocenters. The Hall–Kier alpha value is -1.04. The van der Waals surface area contributed by atoms with Crippen LogP contribution in [0.1, 0.15) is 110 Å². The molecule has 3 heteroatoms. The van der Waals surface area contributed by atoms with E-state index in [-0.39, 0.29) is 23.4 Å². The summed E-state index contributed by atoms with van der Waals surface area (Å²) in [6.07, 6.45) is 17.4. The van der Waals surface area contributed by atoms with E-state index in [0.29, 0.717) is 0 Å². The van der Waals surface area contributed by atoms with Crippen molar-refractivity contribution in [1.29, 1.82) is 5.26 Å². The lowest BCUT2D eigenvalue weighted by Gasteiger charge is -2.40. The molecule has 0 N–H and O–H groups in total. The molecule has 28 heavy (non-hydrogen) atoms. The van der Waals surface area contributed by atoms with Crippen LogP contribution in [0, 0.1) is 40.4 Å². The summed E-state index contributed by atoms with van der Waals surface area (Å²) in [5.74, 6) is 2.68. The second-order valence-electron chi connectivity index (χ2n) is 10.1. The van der Waals surface area contributed by atoms with Crippen LogP contribution in [-0.2, 0) is 9.53 Å². The van der Waals surface area contributed by atoms with Gasteiger partial charge < -0.3 is 4.74 Å². The molecular weight excluding hydrogens is 346 g/mol. The van der Waals surface area contributed by atoms with Gasteiger partial charge in [0.25, 0.3) is 0 Å². The lowest BCUT2D eigenvalue weighted by Crippen LogP contribution is -2.33. The van der Waals surface area contributed by atoms with Crippen molar-refractivity contribution in [2.75, 3.05) is 0 Å². The van der Waals surface area contributed by atoms with Gasteiger partial charge in [-0.1, -0.05) is 26.7 Å². The van der Waals surface area contributed by atoms with Crippen LogP contribution >= 0.6 is 0 Å². The average molecular weight is 388 g/mol. The highest BCUT2D eigenvalue weighted by Crippen LogP contribution is 2.46. The van der Waals surface area contributed by atoms with Crippen LogP contribution in [0.5, 0.6) is 0 Å². The summed E-state index contributed by atoms with van der Waals surface area (Å²) in [6.45, 7) is 4.42. The van der Waals surface area contributed by atoms with Gasteiger partial charge in [0.1, 0.15) is 6.10 Å². The van der Waals surface area contributed by atoms with E-state index >= 15 is 0 Å². The average Bonchev–Trinajstić information content (AvgIpc) is 2.75. The van der Waals surface area contributed by atoms with Gasteiger partial charge in [-0.15, -0.1) is 0 Å². The summed E-state index contributed by atoms with van der Waals surface area (Å²) >= 11 is 0. The van der Waals surface area contributed by atoms with E-state index < -0.39 is 0 Å². The van der Waals surface area contributed by atoms with Crippen molar-refractivity contribution in [1.82, 2.24) is 0 Å². The van der Waals surface area contributed by atoms with Gasteiger partial charge in [0.15, 0.2) is 0 Å². The largest absolute Gasteiger partial charge is 0.462 e. The predicted molar refractivity (Wildman–Crippen MR) is 112 cm³/mol. The molecule has 3 nitrogen and oxygen atoms in total. The fourth-order valence-corrected chi connectivity index (χ4v) is 6.24. The van der Waals surface area contributed by atoms with E-state index in [0.717, 1.165) is 62.7 Å². The molecule has 0 saturated heterocycles. The number of esters is 1. The van der Waals surface area contributed by atoms with Gasteiger partial charge >= 0.3 is 5.97 Å². The lowest BCUT2D eigenvalue weighted by atomic mass is 9.65. The van der Waals surface area contributed by atoms with Crippen molar-refractivity contribution in [3.05, 3.63) is 0 Å². The molecule has 0 aromatic heterocycles. The summed E-state index contributed by atoms with van der Waals surface area (Å²) in [5.41, 5.74) is -0.0423. The maximum atomic E-state index is 12.6. The summed E-state index contributed by atoms with van der Waals surface area (Å²) in [7, 11) is 0. The highest BCUT2D eigenvalue weighted by Gasteiger charge is 2.38. The van der Waals surface area contributed by atoms with Gasteiger partial charge in [0.2, 0.25) is 0 Å². The summed E-state index contributed by atoms with van der Waals surface area (Å²) < 4.78 is 5.95. The zero-order valence-electron chi connectivity index (χ0n) is 18.3. The molecule has 0 bridgehead atoms. The number of nitrogens with zero attached hydrogens (tertiary/aromatic N) is 1. The van der Waals surface area contributed by atoms with E-state index in [4.69, 9.17) is 4.74 Å². The predicted octanol–water partition coefficient (Wildman–Crippen LogP) is 6.81. The van der Waals surface area contributed by atoms with Gasteiger partial charge in [0, 0.05) is 0 Å². The first kappa shape index (κ1) is 21.7. The molecule has 0 atom stereocenters. The van der Waals surface area contributed by atoms with Gasteiger partial charge in [-0.3, -0.25) is 4.79 Å². The Bertz CT molecular complexity index is 527. The van der Waals surface area contributed by atoms with Crippen molar-refractivity contribution in [3.8, 4) is 6.07 Å². The lowest BCUT2D eigenvalue weighted by molar-refractivity contribution is -0.157. The highest BCUT2D eigenvalue weighted by atomic mass is 16.5. The molecule has 0 radical (unpaired) electrons. The van der Waals surface area contributed by atoms with Gasteiger partial charge in [-0.05, 0) is 101 Å². The Morgan fingerprint density at radius 3 is 2.07 bits per heavy atom. The van der Waals surface area contributed by atoms with E-state index in [2.05, 4.69) is 19.9 Å². The van der Waals surface area contributed by atoms with Crippen molar-refractivity contribution < 1.29 is 9.53 Å². The Morgan fingerprint density at radius 1 is 0.929 bits per heavy atom. The Morgan fingerprint density at radius 2 is 1.54 bits per heavy atom. The van der Waals surface area contributed by atoms with Crippen molar-refractivity contribution in [3.63, 3.8) is 0 Å². The van der Waals surface area contributed by atoms with Gasteiger partial charge in [-0.25, -0.2) is 0 Å². The fraction of sp³-hybridized carbons (Fsp3) is 0.920. The Labute approximate surface area is 172 Å². The molecule has 0 amide bonds. The monoisotopic (exact) mass is 387 g/mol. The molecule has 0 aromatic rings. The second-order valence-corrected chi connectivity index (χ2v) is 10.1. The Kier molecular flexibility index (Phi) is 7.84. The van der Waals surface area contributed by atoms with Crippen molar-refractivity contribution in [2.45, 2.75) is 116 Å². The number of ether oxygens (including phenoxy) is 1. The number of carbonyl (C=O) groups is 1. The molecule has 0 aliphatic heterocycles. The minimum atomic E-state index is -0.0423. The van der Waals surface area contributed by atoms with Crippen LogP contribution < -0.4 is 0 Å². The van der Waals surface area contributed by atoms with E-state index in [1.165, 1.54) is 51.4 Å². The summed E-state index contributed by atoms with van der Waals surface area (Å²) in [5, 5.41) is 9.51. The third-order valence-electron chi connectivity index (χ3n) is 8.45. The van der Waals surface area contributed by atoms with E-state index in [9.17, 15) is 10.1 Å². The third kappa shape index (κ3) is 5.31. The van der Waals surface area contributed by atoms with Crippen LogP contribution in [0.3, 0.4) is 0 Å². The standard InChI is InChI=1S/C25H41NO2/c1-3-5-19-6-8-22(9-7-19)24(27)28-23-12-10-20(11-13-23)21-14-16-25(4-2,18-26)17-15-21/h19-23H,3-17H2,1-2H3/t19-,20?,21?,22-,23?,25?. The maximum Gasteiger partial charge on any atom is 0.309 e. The number of nitriles is 1. The zero-order valence-corrected chi connectivity index (χ0v) is 18.3. The third-order valence-corrected chi connectivity index (χ3v) is 8.45. The number of hydrogen-bond donors (Lipinski definition) is 0. The van der Waals surface area contributed by atoms with Gasteiger partial charge in [-0.2, -0.15) is 5.26 Å². The number of rotatable bonds is 6. The molecule has 158 valence electrons. The molecule has 3 aliphatic carbocycles. The molecular formula is C25H41NO2. The van der Waals surface area contributed by atoms with Crippen LogP contribution in [0.25, 0.3) is 0 Å². The number of hydrogen-bond acceptors (Lipinski definition) is 3. The molecule has 3 aliphatic rings. The molecule has 0 heterocycles. The van der Waals surface area contributed by atoms with Crippen LogP contribution in [0.2, 0.25) is 0 Å². The normalized spacial score (nSPS) is 39.1. The molecule has 3 rings (SSSR count). The van der Waals surface area contributed by atoms with Crippen LogP contribution in [0.15, 0.2) is 0 Å². The van der Waals surface area contributed by atoms with E-state index in [1.807, 2.05) is 0 Å². The molecule has 3 fully saturated rings.